The van der Waals surface area contributed by atoms with Gasteiger partial charge in [0.25, 0.3) is 18.0 Å². The average Bonchev–Trinajstić information content (AvgIpc) is 2.68. The minimum absolute atomic E-state index is 0. The summed E-state index contributed by atoms with van der Waals surface area (Å²) in [4.78, 5) is 39.2. The molecule has 0 aliphatic rings. The molecule has 0 atom stereocenters. The Kier molecular flexibility index (Phi) is 76.7. The molecule has 1 amide bonds. The van der Waals surface area contributed by atoms with E-state index >= 15 is 0 Å². The third-order valence-electron chi connectivity index (χ3n) is 2.77. The second-order valence-electron chi connectivity index (χ2n) is 5.32. The van der Waals surface area contributed by atoms with Gasteiger partial charge in [-0.05, 0) is 12.8 Å². The average molecular weight is 593 g/mol. The van der Waals surface area contributed by atoms with E-state index in [2.05, 4.69) is 27.1 Å². The van der Waals surface area contributed by atoms with Crippen LogP contribution in [0.4, 0.5) is 5.82 Å². The number of nitrogens with one attached hydrogen (secondary N) is 2. The Hall–Kier alpha value is 0.331. The molecule has 0 aromatic carbocycles. The van der Waals surface area contributed by atoms with E-state index < -0.39 is 5.91 Å². The molecule has 6 N–H and O–H groups in total. The van der Waals surface area contributed by atoms with Crippen LogP contribution in [0, 0.1) is 11.3 Å². The van der Waals surface area contributed by atoms with Crippen LogP contribution in [0.3, 0.4) is 0 Å². The molecule has 0 aliphatic heterocycles. The number of carbonyl (C=O) groups excluding carboxylic acids is 2. The molecule has 0 bridgehead atoms. The fraction of sp³-hybridized carbons (Fsp3) is 0.579. The van der Waals surface area contributed by atoms with Crippen molar-refractivity contribution in [3.05, 3.63) is 16.4 Å². The number of nitrogen functional groups attached to an aromatic ring is 1. The van der Waals surface area contributed by atoms with E-state index in [1.165, 1.54) is 6.07 Å². The summed E-state index contributed by atoms with van der Waals surface area (Å²) in [5.74, 6) is -0.272. The quantitative estimate of drug-likeness (QED) is 0.0403. The fourth-order valence-corrected chi connectivity index (χ4v) is 1.45. The van der Waals surface area contributed by atoms with E-state index in [0.29, 0.717) is 13.2 Å². The summed E-state index contributed by atoms with van der Waals surface area (Å²) in [7, 11) is 0. The van der Waals surface area contributed by atoms with Crippen LogP contribution in [-0.2, 0) is 19.2 Å². The minimum atomic E-state index is -0.448. The van der Waals surface area contributed by atoms with Gasteiger partial charge in [-0.1, -0.05) is 41.5 Å². The van der Waals surface area contributed by atoms with E-state index in [0.717, 1.165) is 25.7 Å². The molecule has 198 valence electrons. The van der Waals surface area contributed by atoms with Crippen molar-refractivity contribution >= 4 is 32.6 Å². The van der Waals surface area contributed by atoms with Crippen molar-refractivity contribution in [1.29, 1.82) is 5.26 Å². The Labute approximate surface area is 316 Å². The Bertz CT molecular complexity index is 756. The van der Waals surface area contributed by atoms with Gasteiger partial charge in [-0.15, -0.1) is 0 Å². The Morgan fingerprint density at radius 2 is 1.78 bits per heavy atom. The number of unbranched alkanes of at least 4 members (excludes halogenated alkanes) is 2. The molecule has 0 saturated heterocycles. The summed E-state index contributed by atoms with van der Waals surface area (Å²) in [5, 5.41) is 24.1. The molecule has 1 aromatic rings. The van der Waals surface area contributed by atoms with Crippen molar-refractivity contribution in [3.8, 4) is 12.1 Å². The second-order valence-corrected chi connectivity index (χ2v) is 5.32. The van der Waals surface area contributed by atoms with Crippen LogP contribution in [0.15, 0.2) is 10.9 Å². The molecular weight excluding hydrogens is 556 g/mol. The van der Waals surface area contributed by atoms with E-state index in [1.807, 2.05) is 6.92 Å². The van der Waals surface area contributed by atoms with E-state index in [9.17, 15) is 9.59 Å². The zero-order chi connectivity index (χ0) is 23.2. The normalized spacial score (nSPS) is 7.08. The van der Waals surface area contributed by atoms with Crippen molar-refractivity contribution in [2.24, 2.45) is 0 Å². The van der Waals surface area contributed by atoms with Crippen LogP contribution < -0.4 is 155 Å². The summed E-state index contributed by atoms with van der Waals surface area (Å²) in [6.45, 7) is 4.92. The third-order valence-corrected chi connectivity index (χ3v) is 2.77. The number of H-pyrrole nitrogens is 1. The van der Waals surface area contributed by atoms with Gasteiger partial charge >= 0.3 is 122 Å². The van der Waals surface area contributed by atoms with E-state index in [-0.39, 0.29) is 184 Å². The number of nitrogens with two attached hydrogens (primary N) is 2. The summed E-state index contributed by atoms with van der Waals surface area (Å²) in [6, 6.07) is 3.08. The van der Waals surface area contributed by atoms with Crippen molar-refractivity contribution in [2.45, 2.75) is 60.8 Å². The summed E-state index contributed by atoms with van der Waals surface area (Å²) < 4.78 is 10.1. The standard InChI is InChI=1S/2C8H13N3O2.CH2O3.2CH4.B.ClH.K.2Na.H/c1-2-3-4-13-8-10-6(9)5-7(12)11-8;1-2-3-6-13-8(10)11-7(12)4-5-9;2-1-4-3;;;;;;;;/h5H,2-4H2,1H3,(H3,9,10,11,12);2-4,6H2,1H3,(H2,10,11,12);1,3H;2*1H4;;1H;;;;/q;;;;;-1;;3*+1;-1/p-1. The molecule has 0 aliphatic carbocycles. The molecule has 0 unspecified atom stereocenters. The van der Waals surface area contributed by atoms with Crippen LogP contribution >= 0.6 is 0 Å². The number of carbonyl (C=O) groups is 2. The summed E-state index contributed by atoms with van der Waals surface area (Å²) in [5.41, 5.74) is 5.06. The fourth-order valence-electron chi connectivity index (χ4n) is 1.45. The van der Waals surface area contributed by atoms with Crippen molar-refractivity contribution < 1.29 is 159 Å². The first-order valence-electron chi connectivity index (χ1n) is 8.98. The third kappa shape index (κ3) is 46.5. The molecule has 0 spiro atoms. The number of anilines is 1. The van der Waals surface area contributed by atoms with E-state index in [4.69, 9.17) is 35.9 Å². The maximum Gasteiger partial charge on any atom is 1.00 e. The Morgan fingerprint density at radius 1 is 1.30 bits per heavy atom. The summed E-state index contributed by atoms with van der Waals surface area (Å²) >= 11 is 0. The predicted molar refractivity (Wildman–Crippen MR) is 123 cm³/mol. The second kappa shape index (κ2) is 46.2. The number of nitriles is 1. The zero-order valence-electron chi connectivity index (χ0n) is 22.0. The van der Waals surface area contributed by atoms with Crippen LogP contribution in [-0.4, -0.2) is 50.0 Å². The molecule has 4 radical (unpaired) electrons. The number of halogens is 1. The van der Waals surface area contributed by atoms with Gasteiger partial charge in [0, 0.05) is 6.07 Å². The van der Waals surface area contributed by atoms with Gasteiger partial charge < -0.3 is 47.6 Å². The number of amides is 1. The topological polar surface area (TPSA) is 218 Å². The van der Waals surface area contributed by atoms with Crippen LogP contribution in [0.25, 0.3) is 0 Å². The van der Waals surface area contributed by atoms with Crippen molar-refractivity contribution in [2.75, 3.05) is 18.9 Å². The molecular formula is C19H37BClKN6Na2O7. The Morgan fingerprint density at radius 3 is 2.19 bits per heavy atom. The molecule has 13 nitrogen and oxygen atoms in total. The summed E-state index contributed by atoms with van der Waals surface area (Å²) in [6.07, 6.45) is 3.64. The maximum atomic E-state index is 10.9. The largest absolute Gasteiger partial charge is 1.00 e. The number of nitrogens with zero attached hydrogens (tertiary/aromatic N) is 2. The molecule has 0 fully saturated rings. The number of hydrogen-bond acceptors (Lipinski definition) is 10. The molecule has 1 rings (SSSR count). The molecule has 18 heteroatoms. The van der Waals surface area contributed by atoms with Gasteiger partial charge in [0.05, 0.1) is 19.3 Å². The number of aromatic nitrogens is 2. The van der Waals surface area contributed by atoms with Crippen molar-refractivity contribution in [3.63, 3.8) is 0 Å². The van der Waals surface area contributed by atoms with Crippen LogP contribution in [0.5, 0.6) is 6.01 Å². The number of amidine groups is 1. The van der Waals surface area contributed by atoms with Crippen molar-refractivity contribution in [1.82, 2.24) is 15.3 Å². The number of ether oxygens (including phenoxy) is 2. The molecule has 1 heterocycles. The molecule has 1 aromatic heterocycles. The first kappa shape index (κ1) is 61.4. The number of hydrogen-bond donors (Lipinski definition) is 4. The number of rotatable bonds is 9. The van der Waals surface area contributed by atoms with Gasteiger partial charge in [0.15, 0.2) is 0 Å². The zero-order valence-corrected chi connectivity index (χ0v) is 28.8. The Balaban J connectivity index is -0.0000000381. The first-order chi connectivity index (χ1) is 14.3. The first-order valence-corrected chi connectivity index (χ1v) is 8.98. The SMILES string of the molecule is C.C.CCCCOC(=[NH2+])NC(=O)CC#N.CCCCOc1nc(N)cc(=O)[nH]1.O=CO[O-].[B-].[Cl-].[H-].[K+].[Na+].[Na+]. The van der Waals surface area contributed by atoms with E-state index in [1.54, 1.807) is 6.07 Å². The van der Waals surface area contributed by atoms with Gasteiger partial charge in [0.2, 0.25) is 0 Å². The van der Waals surface area contributed by atoms with Gasteiger partial charge in [0.1, 0.15) is 12.2 Å². The molecule has 37 heavy (non-hydrogen) atoms. The van der Waals surface area contributed by atoms with Gasteiger partial charge in [-0.3, -0.25) is 20.0 Å². The predicted octanol–water partition coefficient (Wildman–Crippen LogP) is -13.1. The molecule has 0 saturated carbocycles. The maximum absolute atomic E-state index is 10.9. The van der Waals surface area contributed by atoms with Gasteiger partial charge in [-0.25, -0.2) is 4.79 Å². The monoisotopic (exact) mass is 592 g/mol. The van der Waals surface area contributed by atoms with Gasteiger partial charge in [-0.2, -0.15) is 15.6 Å². The number of aromatic amines is 1. The van der Waals surface area contributed by atoms with Crippen LogP contribution in [0.1, 0.15) is 62.2 Å². The van der Waals surface area contributed by atoms with Crippen LogP contribution in [0.2, 0.25) is 0 Å². The smallest absolute Gasteiger partial charge is 1.00 e. The minimum Gasteiger partial charge on any atom is -1.00 e.